The van der Waals surface area contributed by atoms with Gasteiger partial charge in [0.05, 0.1) is 11.6 Å². The molecule has 0 bridgehead atoms. The lowest BCUT2D eigenvalue weighted by atomic mass is 10.2. The van der Waals surface area contributed by atoms with Crippen LogP contribution in [0.4, 0.5) is 10.8 Å². The number of carbonyl (C=O) groups is 1. The molecule has 0 radical (unpaired) electrons. The summed E-state index contributed by atoms with van der Waals surface area (Å²) in [5.41, 5.74) is 3.00. The molecule has 0 unspecified atom stereocenters. The first-order valence-corrected chi connectivity index (χ1v) is 8.63. The number of hydrogen-bond donors (Lipinski definition) is 0. The van der Waals surface area contributed by atoms with Crippen LogP contribution in [0.2, 0.25) is 0 Å². The van der Waals surface area contributed by atoms with Crippen molar-refractivity contribution in [3.8, 4) is 6.07 Å². The SMILES string of the molecule is Cc1sc(N(CCc2ccccn2)c2ccc(C#N)cc2)nc1C=O. The molecule has 3 rings (SSSR count). The fraction of sp³-hybridized carbons (Fsp3) is 0.158. The van der Waals surface area contributed by atoms with E-state index in [1.54, 1.807) is 18.3 Å². The van der Waals surface area contributed by atoms with Crippen LogP contribution in [0.15, 0.2) is 48.7 Å². The average Bonchev–Trinajstić information content (AvgIpc) is 3.04. The highest BCUT2D eigenvalue weighted by Crippen LogP contribution is 2.31. The summed E-state index contributed by atoms with van der Waals surface area (Å²) in [5.74, 6) is 0. The molecule has 0 fully saturated rings. The highest BCUT2D eigenvalue weighted by atomic mass is 32.1. The molecule has 25 heavy (non-hydrogen) atoms. The Balaban J connectivity index is 1.91. The molecule has 0 N–H and O–H groups in total. The van der Waals surface area contributed by atoms with Crippen molar-refractivity contribution in [2.45, 2.75) is 13.3 Å². The van der Waals surface area contributed by atoms with Gasteiger partial charge in [-0.1, -0.05) is 6.07 Å². The van der Waals surface area contributed by atoms with Gasteiger partial charge >= 0.3 is 0 Å². The second-order valence-electron chi connectivity index (χ2n) is 5.44. The van der Waals surface area contributed by atoms with Gasteiger partial charge in [-0.2, -0.15) is 5.26 Å². The lowest BCUT2D eigenvalue weighted by molar-refractivity contribution is 0.111. The van der Waals surface area contributed by atoms with E-state index in [2.05, 4.69) is 20.9 Å². The largest absolute Gasteiger partial charge is 0.317 e. The Morgan fingerprint density at radius 1 is 1.24 bits per heavy atom. The molecule has 0 spiro atoms. The van der Waals surface area contributed by atoms with E-state index in [0.717, 1.165) is 34.1 Å². The van der Waals surface area contributed by atoms with Gasteiger partial charge in [-0.15, -0.1) is 11.3 Å². The molecule has 0 aliphatic carbocycles. The van der Waals surface area contributed by atoms with E-state index in [-0.39, 0.29) is 0 Å². The predicted octanol–water partition coefficient (Wildman–Crippen LogP) is 3.91. The summed E-state index contributed by atoms with van der Waals surface area (Å²) in [6, 6.07) is 15.3. The third-order valence-electron chi connectivity index (χ3n) is 3.79. The lowest BCUT2D eigenvalue weighted by Crippen LogP contribution is -2.20. The molecule has 0 saturated heterocycles. The summed E-state index contributed by atoms with van der Waals surface area (Å²) in [4.78, 5) is 22.9. The third-order valence-corrected chi connectivity index (χ3v) is 4.80. The number of benzene rings is 1. The molecule has 2 heterocycles. The number of anilines is 2. The van der Waals surface area contributed by atoms with E-state index in [9.17, 15) is 4.79 Å². The number of aryl methyl sites for hydroxylation is 1. The number of rotatable bonds is 6. The van der Waals surface area contributed by atoms with Crippen molar-refractivity contribution in [1.82, 2.24) is 9.97 Å². The molecule has 0 aliphatic heterocycles. The smallest absolute Gasteiger partial charge is 0.190 e. The quantitative estimate of drug-likeness (QED) is 0.632. The molecule has 124 valence electrons. The first-order chi connectivity index (χ1) is 12.2. The number of aromatic nitrogens is 2. The first kappa shape index (κ1) is 16.8. The van der Waals surface area contributed by atoms with Crippen LogP contribution in [0.3, 0.4) is 0 Å². The van der Waals surface area contributed by atoms with Gasteiger partial charge < -0.3 is 4.90 Å². The Hall–Kier alpha value is -3.04. The van der Waals surface area contributed by atoms with Crippen LogP contribution in [0.1, 0.15) is 26.6 Å². The van der Waals surface area contributed by atoms with E-state index in [0.29, 0.717) is 17.8 Å². The molecule has 1 aromatic carbocycles. The van der Waals surface area contributed by atoms with Gasteiger partial charge in [0.25, 0.3) is 0 Å². The van der Waals surface area contributed by atoms with Crippen LogP contribution in [0.5, 0.6) is 0 Å². The van der Waals surface area contributed by atoms with E-state index in [1.807, 2.05) is 37.3 Å². The minimum absolute atomic E-state index is 0.469. The maximum Gasteiger partial charge on any atom is 0.190 e. The van der Waals surface area contributed by atoms with Gasteiger partial charge in [-0.3, -0.25) is 9.78 Å². The molecule has 0 amide bonds. The lowest BCUT2D eigenvalue weighted by Gasteiger charge is -2.22. The van der Waals surface area contributed by atoms with Crippen LogP contribution in [-0.4, -0.2) is 22.8 Å². The van der Waals surface area contributed by atoms with Crippen molar-refractivity contribution < 1.29 is 4.79 Å². The molecule has 5 nitrogen and oxygen atoms in total. The minimum atomic E-state index is 0.469. The van der Waals surface area contributed by atoms with Crippen molar-refractivity contribution in [1.29, 1.82) is 5.26 Å². The van der Waals surface area contributed by atoms with Gasteiger partial charge in [-0.25, -0.2) is 4.98 Å². The summed E-state index contributed by atoms with van der Waals surface area (Å²) in [6.45, 7) is 2.56. The zero-order valence-electron chi connectivity index (χ0n) is 13.7. The molecule has 0 saturated carbocycles. The topological polar surface area (TPSA) is 69.9 Å². The summed E-state index contributed by atoms with van der Waals surface area (Å²) in [5, 5.41) is 9.75. The summed E-state index contributed by atoms with van der Waals surface area (Å²) in [7, 11) is 0. The first-order valence-electron chi connectivity index (χ1n) is 7.81. The highest BCUT2D eigenvalue weighted by molar-refractivity contribution is 7.15. The van der Waals surface area contributed by atoms with Crippen molar-refractivity contribution in [2.75, 3.05) is 11.4 Å². The number of aldehydes is 1. The number of thiazole rings is 1. The maximum atomic E-state index is 11.1. The number of carbonyl (C=O) groups excluding carboxylic acids is 1. The minimum Gasteiger partial charge on any atom is -0.317 e. The maximum absolute atomic E-state index is 11.1. The molecule has 0 atom stereocenters. The Kier molecular flexibility index (Phi) is 5.17. The molecule has 2 aromatic heterocycles. The van der Waals surface area contributed by atoms with E-state index >= 15 is 0 Å². The van der Waals surface area contributed by atoms with Crippen LogP contribution in [-0.2, 0) is 6.42 Å². The predicted molar refractivity (Wildman–Crippen MR) is 98.3 cm³/mol. The summed E-state index contributed by atoms with van der Waals surface area (Å²) < 4.78 is 0. The zero-order chi connectivity index (χ0) is 17.6. The molecule has 0 aliphatic rings. The summed E-state index contributed by atoms with van der Waals surface area (Å²) in [6.07, 6.45) is 3.31. The van der Waals surface area contributed by atoms with Crippen molar-refractivity contribution in [3.05, 3.63) is 70.5 Å². The van der Waals surface area contributed by atoms with Gasteiger partial charge in [0.15, 0.2) is 11.4 Å². The number of pyridine rings is 1. The van der Waals surface area contributed by atoms with E-state index in [4.69, 9.17) is 5.26 Å². The Morgan fingerprint density at radius 2 is 2.04 bits per heavy atom. The Bertz CT molecular complexity index is 897. The average molecular weight is 348 g/mol. The fourth-order valence-electron chi connectivity index (χ4n) is 2.44. The van der Waals surface area contributed by atoms with Crippen LogP contribution in [0.25, 0.3) is 0 Å². The van der Waals surface area contributed by atoms with Crippen molar-refractivity contribution >= 4 is 28.4 Å². The highest BCUT2D eigenvalue weighted by Gasteiger charge is 2.16. The van der Waals surface area contributed by atoms with Crippen LogP contribution >= 0.6 is 11.3 Å². The van der Waals surface area contributed by atoms with Crippen molar-refractivity contribution in [3.63, 3.8) is 0 Å². The number of hydrogen-bond acceptors (Lipinski definition) is 6. The van der Waals surface area contributed by atoms with Crippen molar-refractivity contribution in [2.24, 2.45) is 0 Å². The van der Waals surface area contributed by atoms with Gasteiger partial charge in [-0.05, 0) is 43.3 Å². The van der Waals surface area contributed by atoms with Crippen LogP contribution < -0.4 is 4.90 Å². The Labute approximate surface area is 150 Å². The molecular formula is C19H16N4OS. The fourth-order valence-corrected chi connectivity index (χ4v) is 3.37. The summed E-state index contributed by atoms with van der Waals surface area (Å²) >= 11 is 1.49. The number of nitriles is 1. The Morgan fingerprint density at radius 3 is 2.64 bits per heavy atom. The van der Waals surface area contributed by atoms with Gasteiger partial charge in [0.2, 0.25) is 0 Å². The van der Waals surface area contributed by atoms with Gasteiger partial charge in [0.1, 0.15) is 5.69 Å². The molecular weight excluding hydrogens is 332 g/mol. The molecule has 3 aromatic rings. The monoisotopic (exact) mass is 348 g/mol. The van der Waals surface area contributed by atoms with E-state index < -0.39 is 0 Å². The zero-order valence-corrected chi connectivity index (χ0v) is 14.5. The van der Waals surface area contributed by atoms with Gasteiger partial charge in [0, 0.05) is 35.4 Å². The number of nitrogens with zero attached hydrogens (tertiary/aromatic N) is 4. The normalized spacial score (nSPS) is 10.2. The second kappa shape index (κ2) is 7.69. The second-order valence-corrected chi connectivity index (χ2v) is 6.62. The molecule has 6 heteroatoms. The third kappa shape index (κ3) is 3.90. The van der Waals surface area contributed by atoms with Crippen LogP contribution in [0, 0.1) is 18.3 Å². The standard InChI is InChI=1S/C19H16N4OS/c1-14-18(13-24)22-19(25-14)23(11-9-16-4-2-3-10-21-16)17-7-5-15(12-20)6-8-17/h2-8,10,13H,9,11H2,1H3. The van der Waals surface area contributed by atoms with E-state index in [1.165, 1.54) is 11.3 Å².